The third-order valence-electron chi connectivity index (χ3n) is 2.24. The highest BCUT2D eigenvalue weighted by molar-refractivity contribution is 9.10. The summed E-state index contributed by atoms with van der Waals surface area (Å²) in [6.07, 6.45) is 2.98. The largest absolute Gasteiger partial charge is 0.319 e. The summed E-state index contributed by atoms with van der Waals surface area (Å²) in [4.78, 5) is 7.80. The fraction of sp³-hybridized carbons (Fsp3) is 0.0909. The van der Waals surface area contributed by atoms with Crippen LogP contribution in [0.4, 0.5) is 4.39 Å². The maximum atomic E-state index is 13.8. The van der Waals surface area contributed by atoms with Gasteiger partial charge in [-0.05, 0) is 28.1 Å². The quantitative estimate of drug-likeness (QED) is 0.920. The third kappa shape index (κ3) is 2.10. The summed E-state index contributed by atoms with van der Waals surface area (Å²) in [7, 11) is 0. The minimum absolute atomic E-state index is 0.353. The Hall–Kier alpha value is -1.33. The summed E-state index contributed by atoms with van der Waals surface area (Å²) in [6.45, 7) is 0. The van der Waals surface area contributed by atoms with E-state index in [0.717, 1.165) is 0 Å². The fourth-order valence-electron chi connectivity index (χ4n) is 1.40. The maximum Gasteiger partial charge on any atom is 0.142 e. The second kappa shape index (κ2) is 4.67. The highest BCUT2D eigenvalue weighted by atomic mass is 79.9. The number of nitrogens with two attached hydrogens (primary N) is 1. The lowest BCUT2D eigenvalue weighted by atomic mass is 10.0. The molecule has 1 heterocycles. The molecular weight excluding hydrogens is 273 g/mol. The molecule has 2 rings (SSSR count). The normalized spacial score (nSPS) is 12.4. The Morgan fingerprint density at radius 3 is 2.81 bits per heavy atom. The van der Waals surface area contributed by atoms with Gasteiger partial charge in [0.25, 0.3) is 0 Å². The molecule has 0 saturated carbocycles. The lowest BCUT2D eigenvalue weighted by Gasteiger charge is -2.12. The highest BCUT2D eigenvalue weighted by Gasteiger charge is 2.15. The van der Waals surface area contributed by atoms with Crippen LogP contribution in [0.5, 0.6) is 0 Å². The van der Waals surface area contributed by atoms with Gasteiger partial charge in [-0.2, -0.15) is 0 Å². The molecule has 5 heteroatoms. The molecule has 0 fully saturated rings. The first kappa shape index (κ1) is 11.2. The van der Waals surface area contributed by atoms with Crippen LogP contribution in [0.2, 0.25) is 0 Å². The van der Waals surface area contributed by atoms with Crippen molar-refractivity contribution in [1.82, 2.24) is 9.97 Å². The van der Waals surface area contributed by atoms with E-state index in [0.29, 0.717) is 15.7 Å². The van der Waals surface area contributed by atoms with Gasteiger partial charge < -0.3 is 5.73 Å². The smallest absolute Gasteiger partial charge is 0.142 e. The summed E-state index contributed by atoms with van der Waals surface area (Å²) in [6, 6.07) is 6.10. The first-order valence-corrected chi connectivity index (χ1v) is 5.45. The molecule has 1 atom stereocenters. The van der Waals surface area contributed by atoms with Crippen LogP contribution < -0.4 is 5.73 Å². The number of halogens is 2. The summed E-state index contributed by atoms with van der Waals surface area (Å²) >= 11 is 3.12. The Morgan fingerprint density at radius 2 is 2.12 bits per heavy atom. The predicted octanol–water partition coefficient (Wildman–Crippen LogP) is 2.43. The summed E-state index contributed by atoms with van der Waals surface area (Å²) in [5.41, 5.74) is 6.93. The molecule has 0 aliphatic rings. The van der Waals surface area contributed by atoms with Crippen LogP contribution >= 0.6 is 15.9 Å². The molecule has 0 bridgehead atoms. The van der Waals surface area contributed by atoms with E-state index in [-0.39, 0.29) is 5.82 Å². The van der Waals surface area contributed by atoms with E-state index in [4.69, 9.17) is 5.73 Å². The zero-order valence-electron chi connectivity index (χ0n) is 8.27. The van der Waals surface area contributed by atoms with Crippen molar-refractivity contribution in [3.63, 3.8) is 0 Å². The van der Waals surface area contributed by atoms with Gasteiger partial charge in [0.05, 0.1) is 16.2 Å². The number of hydrogen-bond donors (Lipinski definition) is 1. The van der Waals surface area contributed by atoms with Gasteiger partial charge in [-0.15, -0.1) is 0 Å². The summed E-state index contributed by atoms with van der Waals surface area (Å²) < 4.78 is 14.2. The molecule has 1 aromatic carbocycles. The summed E-state index contributed by atoms with van der Waals surface area (Å²) in [5, 5.41) is 0. The first-order valence-electron chi connectivity index (χ1n) is 4.65. The van der Waals surface area contributed by atoms with Gasteiger partial charge in [0.1, 0.15) is 12.1 Å². The lowest BCUT2D eigenvalue weighted by molar-refractivity contribution is 0.590. The van der Waals surface area contributed by atoms with Crippen LogP contribution in [-0.4, -0.2) is 9.97 Å². The van der Waals surface area contributed by atoms with Gasteiger partial charge in [0.2, 0.25) is 0 Å². The maximum absolute atomic E-state index is 13.8. The Kier molecular flexibility index (Phi) is 3.26. The molecule has 0 amide bonds. The highest BCUT2D eigenvalue weighted by Crippen LogP contribution is 2.25. The summed E-state index contributed by atoms with van der Waals surface area (Å²) in [5.74, 6) is -0.353. The van der Waals surface area contributed by atoms with Crippen LogP contribution in [0, 0.1) is 5.82 Å². The second-order valence-corrected chi connectivity index (χ2v) is 4.11. The Labute approximate surface area is 101 Å². The van der Waals surface area contributed by atoms with E-state index in [1.165, 1.54) is 6.33 Å². The van der Waals surface area contributed by atoms with Crippen LogP contribution in [-0.2, 0) is 0 Å². The lowest BCUT2D eigenvalue weighted by Crippen LogP contribution is -2.15. The van der Waals surface area contributed by atoms with Gasteiger partial charge in [0.15, 0.2) is 0 Å². The van der Waals surface area contributed by atoms with Gasteiger partial charge >= 0.3 is 0 Å². The van der Waals surface area contributed by atoms with E-state index < -0.39 is 6.04 Å². The Morgan fingerprint density at radius 1 is 1.31 bits per heavy atom. The average Bonchev–Trinajstić information content (AvgIpc) is 2.33. The Balaban J connectivity index is 2.42. The molecule has 0 aliphatic heterocycles. The van der Waals surface area contributed by atoms with E-state index in [2.05, 4.69) is 25.9 Å². The molecule has 82 valence electrons. The number of benzene rings is 1. The van der Waals surface area contributed by atoms with Gasteiger partial charge in [-0.1, -0.05) is 12.1 Å². The zero-order valence-corrected chi connectivity index (χ0v) is 9.86. The fourth-order valence-corrected chi connectivity index (χ4v) is 1.79. The Bertz CT molecular complexity index is 490. The van der Waals surface area contributed by atoms with Crippen molar-refractivity contribution < 1.29 is 4.39 Å². The van der Waals surface area contributed by atoms with Gasteiger partial charge in [0, 0.05) is 11.8 Å². The molecule has 1 unspecified atom stereocenters. The molecule has 2 aromatic rings. The zero-order chi connectivity index (χ0) is 11.5. The second-order valence-electron chi connectivity index (χ2n) is 3.25. The number of rotatable bonds is 2. The minimum atomic E-state index is -0.583. The molecule has 2 N–H and O–H groups in total. The van der Waals surface area contributed by atoms with Crippen molar-refractivity contribution in [1.29, 1.82) is 0 Å². The topological polar surface area (TPSA) is 51.8 Å². The molecule has 0 radical (unpaired) electrons. The van der Waals surface area contributed by atoms with Crippen LogP contribution in [0.15, 0.2) is 41.3 Å². The van der Waals surface area contributed by atoms with Crippen molar-refractivity contribution in [3.8, 4) is 0 Å². The van der Waals surface area contributed by atoms with Crippen LogP contribution in [0.1, 0.15) is 17.3 Å². The van der Waals surface area contributed by atoms with Crippen LogP contribution in [0.25, 0.3) is 0 Å². The standard InChI is InChI=1S/C11H9BrFN3/c12-8-3-1-2-7(10(8)13)11(14)9-4-5-15-6-16-9/h1-6,11H,14H2. The van der Waals surface area contributed by atoms with E-state index >= 15 is 0 Å². The van der Waals surface area contributed by atoms with Crippen LogP contribution in [0.3, 0.4) is 0 Å². The van der Waals surface area contributed by atoms with Gasteiger partial charge in [-0.25, -0.2) is 14.4 Å². The first-order chi connectivity index (χ1) is 7.70. The molecular formula is C11H9BrFN3. The van der Waals surface area contributed by atoms with Crippen molar-refractivity contribution in [2.75, 3.05) is 0 Å². The molecule has 16 heavy (non-hydrogen) atoms. The molecule has 3 nitrogen and oxygen atoms in total. The molecule has 0 saturated heterocycles. The van der Waals surface area contributed by atoms with E-state index in [1.807, 2.05) is 0 Å². The third-order valence-corrected chi connectivity index (χ3v) is 2.85. The van der Waals surface area contributed by atoms with Crippen molar-refractivity contribution in [3.05, 3.63) is 58.3 Å². The number of hydrogen-bond acceptors (Lipinski definition) is 3. The molecule has 1 aromatic heterocycles. The van der Waals surface area contributed by atoms with Crippen molar-refractivity contribution >= 4 is 15.9 Å². The van der Waals surface area contributed by atoms with Crippen molar-refractivity contribution in [2.24, 2.45) is 5.73 Å². The average molecular weight is 282 g/mol. The van der Waals surface area contributed by atoms with Crippen molar-refractivity contribution in [2.45, 2.75) is 6.04 Å². The predicted molar refractivity (Wildman–Crippen MR) is 62.2 cm³/mol. The van der Waals surface area contributed by atoms with E-state index in [9.17, 15) is 4.39 Å². The SMILES string of the molecule is NC(c1ccncn1)c1cccc(Br)c1F. The number of aromatic nitrogens is 2. The van der Waals surface area contributed by atoms with Gasteiger partial charge in [-0.3, -0.25) is 0 Å². The minimum Gasteiger partial charge on any atom is -0.319 e. The molecule has 0 aliphatic carbocycles. The molecule has 0 spiro atoms. The number of nitrogens with zero attached hydrogens (tertiary/aromatic N) is 2. The van der Waals surface area contributed by atoms with E-state index in [1.54, 1.807) is 30.5 Å². The monoisotopic (exact) mass is 281 g/mol.